The van der Waals surface area contributed by atoms with Gasteiger partial charge in [-0.1, -0.05) is 20.3 Å². The van der Waals surface area contributed by atoms with E-state index in [9.17, 15) is 4.79 Å². The first-order chi connectivity index (χ1) is 7.74. The molecule has 2 heterocycles. The molecule has 2 rings (SSSR count). The molecule has 0 amide bonds. The molecule has 2 atom stereocenters. The summed E-state index contributed by atoms with van der Waals surface area (Å²) in [6, 6.07) is 1.27. The third-order valence-electron chi connectivity index (χ3n) is 4.50. The molecule has 2 aliphatic rings. The molecule has 2 saturated heterocycles. The Bertz CT molecular complexity index is 235. The van der Waals surface area contributed by atoms with Crippen LogP contribution in [0.15, 0.2) is 0 Å². The zero-order valence-corrected chi connectivity index (χ0v) is 10.7. The van der Waals surface area contributed by atoms with Crippen LogP contribution < -0.4 is 5.32 Å². The first-order valence-corrected chi connectivity index (χ1v) is 7.04. The summed E-state index contributed by atoms with van der Waals surface area (Å²) in [5, 5.41) is 3.66. The fourth-order valence-corrected chi connectivity index (χ4v) is 3.52. The van der Waals surface area contributed by atoms with Gasteiger partial charge in [0.1, 0.15) is 5.78 Å². The van der Waals surface area contributed by atoms with Crippen molar-refractivity contribution < 1.29 is 4.79 Å². The Morgan fingerprint density at radius 3 is 2.25 bits per heavy atom. The van der Waals surface area contributed by atoms with Crippen molar-refractivity contribution in [3.05, 3.63) is 0 Å². The van der Waals surface area contributed by atoms with Crippen LogP contribution in [0.4, 0.5) is 0 Å². The first kappa shape index (κ1) is 12.1. The Labute approximate surface area is 99.2 Å². The molecule has 0 aromatic carbocycles. The van der Waals surface area contributed by atoms with Crippen LogP contribution in [-0.4, -0.2) is 17.9 Å². The molecule has 0 saturated carbocycles. The number of carbonyl (C=O) groups is 1. The summed E-state index contributed by atoms with van der Waals surface area (Å²) in [7, 11) is 0. The summed E-state index contributed by atoms with van der Waals surface area (Å²) in [6.07, 6.45) is 8.17. The minimum Gasteiger partial charge on any atom is -0.311 e. The molecule has 0 aliphatic carbocycles. The Hall–Kier alpha value is -0.370. The number of hydrogen-bond acceptors (Lipinski definition) is 2. The predicted molar refractivity (Wildman–Crippen MR) is 66.4 cm³/mol. The number of hydrogen-bond donors (Lipinski definition) is 1. The second kappa shape index (κ2) is 5.31. The minimum atomic E-state index is 0.323. The van der Waals surface area contributed by atoms with Gasteiger partial charge in [-0.05, 0) is 38.5 Å². The summed E-state index contributed by atoms with van der Waals surface area (Å²) < 4.78 is 0. The highest BCUT2D eigenvalue weighted by Crippen LogP contribution is 2.32. The molecule has 92 valence electrons. The van der Waals surface area contributed by atoms with Gasteiger partial charge < -0.3 is 5.32 Å². The number of rotatable bonds is 4. The van der Waals surface area contributed by atoms with Gasteiger partial charge in [0.15, 0.2) is 0 Å². The number of nitrogens with one attached hydrogen (secondary N) is 1. The van der Waals surface area contributed by atoms with E-state index in [-0.39, 0.29) is 0 Å². The Kier molecular flexibility index (Phi) is 4.01. The average molecular weight is 223 g/mol. The third kappa shape index (κ3) is 2.48. The van der Waals surface area contributed by atoms with Crippen LogP contribution in [0.5, 0.6) is 0 Å². The van der Waals surface area contributed by atoms with Crippen molar-refractivity contribution >= 4 is 5.78 Å². The van der Waals surface area contributed by atoms with Gasteiger partial charge in [-0.2, -0.15) is 0 Å². The molecule has 2 unspecified atom stereocenters. The van der Waals surface area contributed by atoms with E-state index in [1.165, 1.54) is 19.3 Å². The van der Waals surface area contributed by atoms with Crippen LogP contribution in [-0.2, 0) is 4.79 Å². The first-order valence-electron chi connectivity index (χ1n) is 7.04. The van der Waals surface area contributed by atoms with Gasteiger partial charge in [-0.15, -0.1) is 0 Å². The van der Waals surface area contributed by atoms with Crippen molar-refractivity contribution in [1.82, 2.24) is 5.32 Å². The summed E-state index contributed by atoms with van der Waals surface area (Å²) in [5.41, 5.74) is 0. The van der Waals surface area contributed by atoms with Crippen molar-refractivity contribution in [1.29, 1.82) is 0 Å². The second-order valence-corrected chi connectivity index (χ2v) is 5.58. The highest BCUT2D eigenvalue weighted by Gasteiger charge is 2.35. The van der Waals surface area contributed by atoms with E-state index in [2.05, 4.69) is 19.2 Å². The molecule has 0 aromatic heterocycles. The largest absolute Gasteiger partial charge is 0.311 e. The van der Waals surface area contributed by atoms with Crippen LogP contribution in [0, 0.1) is 11.8 Å². The second-order valence-electron chi connectivity index (χ2n) is 5.58. The van der Waals surface area contributed by atoms with E-state index in [0.29, 0.717) is 29.7 Å². The SMILES string of the molecule is CCC(CC)C(=O)C1CC2CCCC(C1)N2. The number of ketones is 1. The summed E-state index contributed by atoms with van der Waals surface area (Å²) >= 11 is 0. The van der Waals surface area contributed by atoms with Crippen LogP contribution >= 0.6 is 0 Å². The smallest absolute Gasteiger partial charge is 0.139 e. The molecule has 2 heteroatoms. The maximum Gasteiger partial charge on any atom is 0.139 e. The van der Waals surface area contributed by atoms with E-state index >= 15 is 0 Å². The highest BCUT2D eigenvalue weighted by atomic mass is 16.1. The Morgan fingerprint density at radius 2 is 1.75 bits per heavy atom. The van der Waals surface area contributed by atoms with Crippen molar-refractivity contribution in [2.75, 3.05) is 0 Å². The fraction of sp³-hybridized carbons (Fsp3) is 0.929. The maximum atomic E-state index is 12.4. The van der Waals surface area contributed by atoms with Gasteiger partial charge >= 0.3 is 0 Å². The zero-order chi connectivity index (χ0) is 11.5. The van der Waals surface area contributed by atoms with E-state index in [1.807, 2.05) is 0 Å². The zero-order valence-electron chi connectivity index (χ0n) is 10.7. The van der Waals surface area contributed by atoms with Crippen molar-refractivity contribution in [3.63, 3.8) is 0 Å². The van der Waals surface area contributed by atoms with Crippen LogP contribution in [0.3, 0.4) is 0 Å². The lowest BCUT2D eigenvalue weighted by atomic mass is 9.75. The Morgan fingerprint density at radius 1 is 1.19 bits per heavy atom. The van der Waals surface area contributed by atoms with E-state index in [1.54, 1.807) is 0 Å². The summed E-state index contributed by atoms with van der Waals surface area (Å²) in [4.78, 5) is 12.4. The highest BCUT2D eigenvalue weighted by molar-refractivity contribution is 5.83. The monoisotopic (exact) mass is 223 g/mol. The average Bonchev–Trinajstić information content (AvgIpc) is 2.30. The molecule has 2 aliphatic heterocycles. The van der Waals surface area contributed by atoms with Crippen molar-refractivity contribution in [3.8, 4) is 0 Å². The molecule has 2 fully saturated rings. The molecular weight excluding hydrogens is 198 g/mol. The number of piperidine rings is 2. The minimum absolute atomic E-state index is 0.323. The van der Waals surface area contributed by atoms with Gasteiger partial charge in [-0.3, -0.25) is 4.79 Å². The molecule has 2 nitrogen and oxygen atoms in total. The van der Waals surface area contributed by atoms with Crippen molar-refractivity contribution in [2.45, 2.75) is 70.9 Å². The third-order valence-corrected chi connectivity index (χ3v) is 4.50. The van der Waals surface area contributed by atoms with Crippen molar-refractivity contribution in [2.24, 2.45) is 11.8 Å². The summed E-state index contributed by atoms with van der Waals surface area (Å²) in [5.74, 6) is 1.24. The lowest BCUT2D eigenvalue weighted by molar-refractivity contribution is -0.128. The van der Waals surface area contributed by atoms with Crippen LogP contribution in [0.2, 0.25) is 0 Å². The fourth-order valence-electron chi connectivity index (χ4n) is 3.52. The molecule has 16 heavy (non-hydrogen) atoms. The van der Waals surface area contributed by atoms with Gasteiger partial charge in [0, 0.05) is 23.9 Å². The standard InChI is InChI=1S/C14H25NO/c1-3-10(4-2)14(16)11-8-12-6-5-7-13(9-11)15-12/h10-13,15H,3-9H2,1-2H3. The van der Waals surface area contributed by atoms with E-state index < -0.39 is 0 Å². The van der Waals surface area contributed by atoms with Gasteiger partial charge in [-0.25, -0.2) is 0 Å². The van der Waals surface area contributed by atoms with Crippen LogP contribution in [0.25, 0.3) is 0 Å². The lowest BCUT2D eigenvalue weighted by Gasteiger charge is -2.40. The summed E-state index contributed by atoms with van der Waals surface area (Å²) in [6.45, 7) is 4.29. The van der Waals surface area contributed by atoms with E-state index in [0.717, 1.165) is 25.7 Å². The number of carbonyl (C=O) groups excluding carboxylic acids is 1. The Balaban J connectivity index is 1.96. The van der Waals surface area contributed by atoms with Crippen LogP contribution in [0.1, 0.15) is 58.8 Å². The van der Waals surface area contributed by atoms with Gasteiger partial charge in [0.05, 0.1) is 0 Å². The molecule has 0 aromatic rings. The topological polar surface area (TPSA) is 29.1 Å². The number of Topliss-reactive ketones (excluding diaryl/α,β-unsaturated/α-hetero) is 1. The number of fused-ring (bicyclic) bond motifs is 2. The molecule has 0 spiro atoms. The molecule has 2 bridgehead atoms. The lowest BCUT2D eigenvalue weighted by Crippen LogP contribution is -2.50. The molecule has 1 N–H and O–H groups in total. The van der Waals surface area contributed by atoms with Gasteiger partial charge in [0.25, 0.3) is 0 Å². The normalized spacial score (nSPS) is 34.1. The quantitative estimate of drug-likeness (QED) is 0.794. The predicted octanol–water partition coefficient (Wildman–Crippen LogP) is 2.91. The molecular formula is C14H25NO. The molecule has 0 radical (unpaired) electrons. The van der Waals surface area contributed by atoms with Gasteiger partial charge in [0.2, 0.25) is 0 Å². The maximum absolute atomic E-state index is 12.4. The van der Waals surface area contributed by atoms with E-state index in [4.69, 9.17) is 0 Å².